The number of hydrogen-bond acceptors (Lipinski definition) is 3. The largest absolute Gasteiger partial charge is 0.416 e. The van der Waals surface area contributed by atoms with Crippen molar-refractivity contribution < 1.29 is 22.8 Å². The molecule has 2 amide bonds. The summed E-state index contributed by atoms with van der Waals surface area (Å²) >= 11 is 0. The molecule has 0 saturated heterocycles. The van der Waals surface area contributed by atoms with Crippen LogP contribution in [0, 0.1) is 0 Å². The predicted octanol–water partition coefficient (Wildman–Crippen LogP) is 4.09. The number of amides is 2. The lowest BCUT2D eigenvalue weighted by Crippen LogP contribution is -2.35. The van der Waals surface area contributed by atoms with Gasteiger partial charge in [0.15, 0.2) is 0 Å². The third kappa shape index (κ3) is 3.71. The lowest BCUT2D eigenvalue weighted by atomic mass is 10.1. The molecule has 9 heteroatoms. The van der Waals surface area contributed by atoms with Crippen molar-refractivity contribution in [1.82, 2.24) is 9.78 Å². The topological polar surface area (TPSA) is 76.0 Å². The molecule has 2 aromatic carbocycles. The number of carbonyl (C=O) groups is 2. The summed E-state index contributed by atoms with van der Waals surface area (Å²) in [6.45, 7) is 0. The minimum atomic E-state index is -4.52. The molecule has 0 spiro atoms. The van der Waals surface area contributed by atoms with Crippen LogP contribution in [0.4, 0.5) is 24.7 Å². The van der Waals surface area contributed by atoms with E-state index in [2.05, 4.69) is 15.7 Å². The van der Waals surface area contributed by atoms with E-state index in [0.29, 0.717) is 11.4 Å². The van der Waals surface area contributed by atoms with Crippen molar-refractivity contribution >= 4 is 23.3 Å². The van der Waals surface area contributed by atoms with Gasteiger partial charge in [0, 0.05) is 11.3 Å². The Morgan fingerprint density at radius 2 is 1.90 bits per heavy atom. The Morgan fingerprint density at radius 1 is 1.14 bits per heavy atom. The maximum Gasteiger partial charge on any atom is 0.416 e. The second kappa shape index (κ2) is 7.08. The highest BCUT2D eigenvalue weighted by Gasteiger charge is 2.34. The molecule has 1 aliphatic rings. The van der Waals surface area contributed by atoms with E-state index in [9.17, 15) is 22.8 Å². The highest BCUT2D eigenvalue weighted by Crippen LogP contribution is 2.35. The fourth-order valence-electron chi connectivity index (χ4n) is 3.20. The van der Waals surface area contributed by atoms with E-state index >= 15 is 0 Å². The van der Waals surface area contributed by atoms with Gasteiger partial charge in [-0.1, -0.05) is 36.4 Å². The van der Waals surface area contributed by atoms with Gasteiger partial charge in [-0.05, 0) is 23.8 Å². The van der Waals surface area contributed by atoms with Crippen molar-refractivity contribution in [2.75, 3.05) is 10.6 Å². The third-order valence-corrected chi connectivity index (χ3v) is 4.57. The number of rotatable bonds is 3. The number of fused-ring (bicyclic) bond motifs is 1. The molecule has 6 nitrogen and oxygen atoms in total. The molecule has 0 saturated carbocycles. The minimum absolute atomic E-state index is 0.00667. The molecular weight excluding hydrogens is 385 g/mol. The quantitative estimate of drug-likeness (QED) is 0.695. The molecule has 29 heavy (non-hydrogen) atoms. The molecule has 3 aromatic rings. The molecule has 0 aliphatic carbocycles. The first-order chi connectivity index (χ1) is 13.8. The summed E-state index contributed by atoms with van der Waals surface area (Å²) in [6, 6.07) is 12.6. The number of benzene rings is 2. The number of nitrogens with one attached hydrogen (secondary N) is 2. The van der Waals surface area contributed by atoms with Gasteiger partial charge in [0.25, 0.3) is 0 Å². The lowest BCUT2D eigenvalue weighted by Gasteiger charge is -2.24. The van der Waals surface area contributed by atoms with Gasteiger partial charge in [0.2, 0.25) is 11.8 Å². The number of anilines is 2. The highest BCUT2D eigenvalue weighted by atomic mass is 19.4. The van der Waals surface area contributed by atoms with Crippen LogP contribution in [-0.2, 0) is 15.8 Å². The Hall–Kier alpha value is -3.62. The van der Waals surface area contributed by atoms with E-state index in [0.717, 1.165) is 17.7 Å². The van der Waals surface area contributed by atoms with Crippen LogP contribution in [0.25, 0.3) is 11.1 Å². The number of carbonyl (C=O) groups excluding carboxylic acids is 2. The van der Waals surface area contributed by atoms with E-state index in [1.807, 2.05) is 30.3 Å². The Bertz CT molecular complexity index is 1080. The van der Waals surface area contributed by atoms with Crippen LogP contribution in [0.15, 0.2) is 60.8 Å². The van der Waals surface area contributed by atoms with Crippen molar-refractivity contribution in [2.24, 2.45) is 0 Å². The second-order valence-electron chi connectivity index (χ2n) is 6.55. The summed E-state index contributed by atoms with van der Waals surface area (Å²) in [5.41, 5.74) is 0.583. The molecule has 1 aromatic heterocycles. The van der Waals surface area contributed by atoms with Crippen molar-refractivity contribution in [3.8, 4) is 11.1 Å². The van der Waals surface area contributed by atoms with Crippen LogP contribution in [-0.4, -0.2) is 21.6 Å². The van der Waals surface area contributed by atoms with E-state index < -0.39 is 23.7 Å². The Balaban J connectivity index is 1.63. The monoisotopic (exact) mass is 400 g/mol. The van der Waals surface area contributed by atoms with Gasteiger partial charge in [0.1, 0.15) is 11.9 Å². The predicted molar refractivity (Wildman–Crippen MR) is 100 cm³/mol. The molecule has 2 N–H and O–H groups in total. The molecule has 0 bridgehead atoms. The zero-order valence-corrected chi connectivity index (χ0v) is 14.9. The Labute approximate surface area is 163 Å². The SMILES string of the molecule is O=C1CC(C(=O)Nc2cccc(C(F)(F)F)c2)n2ncc(-c3ccccc3)c2N1. The van der Waals surface area contributed by atoms with Crippen molar-refractivity contribution in [3.63, 3.8) is 0 Å². The van der Waals surface area contributed by atoms with Gasteiger partial charge in [0.05, 0.1) is 18.2 Å². The normalized spacial score (nSPS) is 16.1. The van der Waals surface area contributed by atoms with Crippen molar-refractivity contribution in [3.05, 3.63) is 66.4 Å². The van der Waals surface area contributed by atoms with Crippen molar-refractivity contribution in [1.29, 1.82) is 0 Å². The summed E-state index contributed by atoms with van der Waals surface area (Å²) in [5, 5.41) is 9.40. The van der Waals surface area contributed by atoms with Crippen molar-refractivity contribution in [2.45, 2.75) is 18.6 Å². The standard InChI is InChI=1S/C20H15F3N4O2/c21-20(22,23)13-7-4-8-14(9-13)25-19(29)16-10-17(28)26-18-15(11-24-27(16)18)12-5-2-1-3-6-12/h1-9,11,16H,10H2,(H,25,29)(H,26,28). The lowest BCUT2D eigenvalue weighted by molar-refractivity contribution is -0.137. The molecule has 4 rings (SSSR count). The van der Waals surface area contributed by atoms with E-state index in [1.54, 1.807) is 6.20 Å². The summed E-state index contributed by atoms with van der Waals surface area (Å²) in [7, 11) is 0. The second-order valence-corrected chi connectivity index (χ2v) is 6.55. The summed E-state index contributed by atoms with van der Waals surface area (Å²) in [4.78, 5) is 24.9. The van der Waals surface area contributed by atoms with Gasteiger partial charge < -0.3 is 10.6 Å². The summed E-state index contributed by atoms with van der Waals surface area (Å²) < 4.78 is 40.1. The van der Waals surface area contributed by atoms with Crippen LogP contribution in [0.5, 0.6) is 0 Å². The van der Waals surface area contributed by atoms with Crippen LogP contribution in [0.3, 0.4) is 0 Å². The highest BCUT2D eigenvalue weighted by molar-refractivity contribution is 6.03. The summed E-state index contributed by atoms with van der Waals surface area (Å²) in [5.74, 6) is -0.626. The molecule has 0 radical (unpaired) electrons. The molecule has 1 atom stereocenters. The van der Waals surface area contributed by atoms with Gasteiger partial charge in [-0.15, -0.1) is 0 Å². The third-order valence-electron chi connectivity index (χ3n) is 4.57. The number of aromatic nitrogens is 2. The zero-order chi connectivity index (χ0) is 20.6. The average molecular weight is 400 g/mol. The first-order valence-corrected chi connectivity index (χ1v) is 8.74. The number of nitrogens with zero attached hydrogens (tertiary/aromatic N) is 2. The van der Waals surface area contributed by atoms with E-state index in [4.69, 9.17) is 0 Å². The van der Waals surface area contributed by atoms with Gasteiger partial charge in [-0.2, -0.15) is 18.3 Å². The molecule has 1 unspecified atom stereocenters. The molecule has 148 valence electrons. The van der Waals surface area contributed by atoms with Gasteiger partial charge in [-0.25, -0.2) is 4.68 Å². The smallest absolute Gasteiger partial charge is 0.324 e. The van der Waals surface area contributed by atoms with E-state index in [-0.39, 0.29) is 18.0 Å². The number of halogens is 3. The van der Waals surface area contributed by atoms with Gasteiger partial charge in [-0.3, -0.25) is 9.59 Å². The van der Waals surface area contributed by atoms with E-state index in [1.165, 1.54) is 16.8 Å². The van der Waals surface area contributed by atoms with Crippen LogP contribution < -0.4 is 10.6 Å². The first-order valence-electron chi connectivity index (χ1n) is 8.74. The fourth-order valence-corrected chi connectivity index (χ4v) is 3.20. The maximum atomic E-state index is 12.9. The maximum absolute atomic E-state index is 12.9. The Kier molecular flexibility index (Phi) is 4.57. The molecule has 0 fully saturated rings. The fraction of sp³-hybridized carbons (Fsp3) is 0.150. The van der Waals surface area contributed by atoms with Gasteiger partial charge >= 0.3 is 6.18 Å². The molecular formula is C20H15F3N4O2. The summed E-state index contributed by atoms with van der Waals surface area (Å²) in [6.07, 6.45) is -3.15. The minimum Gasteiger partial charge on any atom is -0.324 e. The van der Waals surface area contributed by atoms with Crippen LogP contribution in [0.2, 0.25) is 0 Å². The van der Waals surface area contributed by atoms with Crippen LogP contribution in [0.1, 0.15) is 18.0 Å². The molecule has 1 aliphatic heterocycles. The first kappa shape index (κ1) is 18.7. The number of hydrogen-bond donors (Lipinski definition) is 2. The average Bonchev–Trinajstić information content (AvgIpc) is 3.11. The van der Waals surface area contributed by atoms with Crippen LogP contribution >= 0.6 is 0 Å². The zero-order valence-electron chi connectivity index (χ0n) is 14.9. The molecule has 2 heterocycles. The number of alkyl halides is 3. The Morgan fingerprint density at radius 3 is 2.62 bits per heavy atom.